The van der Waals surface area contributed by atoms with E-state index in [1.807, 2.05) is 24.3 Å². The predicted molar refractivity (Wildman–Crippen MR) is 114 cm³/mol. The van der Waals surface area contributed by atoms with Crippen LogP contribution >= 0.6 is 11.6 Å². The summed E-state index contributed by atoms with van der Waals surface area (Å²) in [5.41, 5.74) is 11.4. The third kappa shape index (κ3) is 4.28. The lowest BCUT2D eigenvalue weighted by molar-refractivity contribution is 0.298. The van der Waals surface area contributed by atoms with Crippen LogP contribution in [0.3, 0.4) is 0 Å². The maximum atomic E-state index is 14.0. The Balaban J connectivity index is 1.70. The summed E-state index contributed by atoms with van der Waals surface area (Å²) in [6.07, 6.45) is 2.86. The lowest BCUT2D eigenvalue weighted by Gasteiger charge is -2.15. The van der Waals surface area contributed by atoms with E-state index in [1.165, 1.54) is 17.7 Å². The first-order chi connectivity index (χ1) is 14.0. The van der Waals surface area contributed by atoms with Crippen molar-refractivity contribution in [1.29, 1.82) is 0 Å². The van der Waals surface area contributed by atoms with Crippen LogP contribution < -0.4 is 10.5 Å². The average molecular weight is 412 g/mol. The summed E-state index contributed by atoms with van der Waals surface area (Å²) in [6.45, 7) is 0.00163. The summed E-state index contributed by atoms with van der Waals surface area (Å²) >= 11 is 6.27. The topological polar surface area (TPSA) is 35.2 Å². The third-order valence-corrected chi connectivity index (χ3v) is 5.35. The second kappa shape index (κ2) is 8.26. The molecular weight excluding hydrogens is 392 g/mol. The van der Waals surface area contributed by atoms with Crippen molar-refractivity contribution >= 4 is 28.4 Å². The molecule has 0 aliphatic heterocycles. The number of rotatable bonds is 5. The van der Waals surface area contributed by atoms with Crippen LogP contribution in [0.4, 0.5) is 14.5 Å². The Hall–Kier alpha value is -2.85. The Labute approximate surface area is 173 Å². The Morgan fingerprint density at radius 1 is 0.931 bits per heavy atom. The van der Waals surface area contributed by atoms with Gasteiger partial charge in [-0.05, 0) is 78.4 Å². The van der Waals surface area contributed by atoms with E-state index in [0.717, 1.165) is 47.7 Å². The van der Waals surface area contributed by atoms with Gasteiger partial charge in [0.25, 0.3) is 0 Å². The normalized spacial score (nSPS) is 13.8. The summed E-state index contributed by atoms with van der Waals surface area (Å²) in [5, 5.41) is 0.603. The molecule has 3 aromatic rings. The molecule has 0 heterocycles. The molecule has 0 unspecified atom stereocenters. The molecule has 0 fully saturated rings. The summed E-state index contributed by atoms with van der Waals surface area (Å²) in [7, 11) is 0. The Morgan fingerprint density at radius 2 is 1.76 bits per heavy atom. The Bertz CT molecular complexity index is 1090. The molecular formula is C24H20ClF2NO. The fraction of sp³-hybridized carbons (Fsp3) is 0.167. The molecule has 3 aromatic carbocycles. The minimum atomic E-state index is -0.624. The van der Waals surface area contributed by atoms with Gasteiger partial charge < -0.3 is 10.5 Å². The highest BCUT2D eigenvalue weighted by Crippen LogP contribution is 2.44. The van der Waals surface area contributed by atoms with Crippen LogP contribution in [0.2, 0.25) is 5.02 Å². The largest absolute Gasteiger partial charge is 0.488 e. The quantitative estimate of drug-likeness (QED) is 0.465. The van der Waals surface area contributed by atoms with E-state index in [2.05, 4.69) is 6.07 Å². The molecule has 5 heteroatoms. The first-order valence-corrected chi connectivity index (χ1v) is 9.83. The summed E-state index contributed by atoms with van der Waals surface area (Å²) in [6, 6.07) is 16.7. The highest BCUT2D eigenvalue weighted by atomic mass is 35.5. The van der Waals surface area contributed by atoms with Crippen LogP contribution in [0, 0.1) is 11.6 Å². The number of anilines is 1. The zero-order valence-electron chi connectivity index (χ0n) is 15.7. The monoisotopic (exact) mass is 411 g/mol. The molecule has 148 valence electrons. The highest BCUT2D eigenvalue weighted by Gasteiger charge is 2.21. The molecule has 0 bridgehead atoms. The molecule has 0 radical (unpaired) electrons. The number of allylic oxidation sites excluding steroid dienone is 2. The molecule has 4 rings (SSSR count). The molecule has 2 N–H and O–H groups in total. The molecule has 0 atom stereocenters. The van der Waals surface area contributed by atoms with Crippen molar-refractivity contribution in [2.24, 2.45) is 0 Å². The van der Waals surface area contributed by atoms with Gasteiger partial charge in [-0.2, -0.15) is 0 Å². The van der Waals surface area contributed by atoms with Gasteiger partial charge in [-0.1, -0.05) is 23.7 Å². The van der Waals surface area contributed by atoms with Crippen LogP contribution in [0.15, 0.2) is 60.7 Å². The number of benzene rings is 3. The van der Waals surface area contributed by atoms with Crippen molar-refractivity contribution in [2.75, 3.05) is 5.73 Å². The maximum Gasteiger partial charge on any atom is 0.132 e. The lowest BCUT2D eigenvalue weighted by Crippen LogP contribution is -2.01. The summed E-state index contributed by atoms with van der Waals surface area (Å²) < 4.78 is 33.1. The second-order valence-electron chi connectivity index (χ2n) is 7.10. The van der Waals surface area contributed by atoms with Gasteiger partial charge in [-0.25, -0.2) is 8.78 Å². The van der Waals surface area contributed by atoms with E-state index in [9.17, 15) is 8.78 Å². The lowest BCUT2D eigenvalue weighted by atomic mass is 9.96. The van der Waals surface area contributed by atoms with E-state index in [0.29, 0.717) is 16.3 Å². The molecule has 2 nitrogen and oxygen atoms in total. The van der Waals surface area contributed by atoms with Gasteiger partial charge in [0.1, 0.15) is 24.0 Å². The molecule has 1 aliphatic carbocycles. The van der Waals surface area contributed by atoms with E-state index in [1.54, 1.807) is 12.1 Å². The fourth-order valence-corrected chi connectivity index (χ4v) is 3.92. The van der Waals surface area contributed by atoms with E-state index >= 15 is 0 Å². The smallest absolute Gasteiger partial charge is 0.132 e. The van der Waals surface area contributed by atoms with Crippen molar-refractivity contribution in [1.82, 2.24) is 0 Å². The number of halogens is 3. The van der Waals surface area contributed by atoms with Crippen LogP contribution in [0.5, 0.6) is 5.75 Å². The number of nitrogens with two attached hydrogens (primary N) is 1. The minimum absolute atomic E-state index is 0.00163. The van der Waals surface area contributed by atoms with Gasteiger partial charge in [-0.15, -0.1) is 0 Å². The van der Waals surface area contributed by atoms with Gasteiger partial charge in [0.2, 0.25) is 0 Å². The van der Waals surface area contributed by atoms with Gasteiger partial charge in [0.05, 0.1) is 0 Å². The first kappa shape index (κ1) is 19.5. The summed E-state index contributed by atoms with van der Waals surface area (Å²) in [4.78, 5) is 0. The number of hydrogen-bond donors (Lipinski definition) is 1. The maximum absolute atomic E-state index is 14.0. The molecule has 0 spiro atoms. The second-order valence-corrected chi connectivity index (χ2v) is 7.54. The van der Waals surface area contributed by atoms with E-state index < -0.39 is 11.6 Å². The minimum Gasteiger partial charge on any atom is -0.488 e. The fourth-order valence-electron chi connectivity index (χ4n) is 3.74. The number of ether oxygens (including phenoxy) is 1. The predicted octanol–water partition coefficient (Wildman–Crippen LogP) is 6.87. The van der Waals surface area contributed by atoms with E-state index in [4.69, 9.17) is 22.1 Å². The van der Waals surface area contributed by atoms with Crippen molar-refractivity contribution in [2.45, 2.75) is 25.9 Å². The molecule has 0 saturated carbocycles. The Kier molecular flexibility index (Phi) is 5.54. The van der Waals surface area contributed by atoms with Gasteiger partial charge in [0.15, 0.2) is 0 Å². The zero-order valence-corrected chi connectivity index (χ0v) is 16.5. The molecule has 29 heavy (non-hydrogen) atoms. The van der Waals surface area contributed by atoms with Crippen molar-refractivity contribution in [3.8, 4) is 5.75 Å². The molecule has 0 saturated heterocycles. The van der Waals surface area contributed by atoms with Crippen LogP contribution in [0.25, 0.3) is 11.1 Å². The van der Waals surface area contributed by atoms with Gasteiger partial charge >= 0.3 is 0 Å². The van der Waals surface area contributed by atoms with Crippen molar-refractivity contribution in [3.05, 3.63) is 94.0 Å². The molecule has 1 aliphatic rings. The Morgan fingerprint density at radius 3 is 2.55 bits per heavy atom. The standard InChI is InChI=1S/C24H20ClF2NO/c25-17-8-10-24(29-14-16-7-9-18(26)13-23(16)27)22(12-17)21-6-2-5-20(21)15-3-1-4-19(28)11-15/h1,3-4,7-13H,2,5-6,14,28H2. The summed E-state index contributed by atoms with van der Waals surface area (Å²) in [5.74, 6) is -0.612. The van der Waals surface area contributed by atoms with Crippen LogP contribution in [0.1, 0.15) is 36.0 Å². The van der Waals surface area contributed by atoms with Gasteiger partial charge in [0, 0.05) is 27.9 Å². The van der Waals surface area contributed by atoms with E-state index in [-0.39, 0.29) is 6.61 Å². The van der Waals surface area contributed by atoms with Crippen LogP contribution in [-0.2, 0) is 6.61 Å². The zero-order chi connectivity index (χ0) is 20.4. The number of nitrogen functional groups attached to an aromatic ring is 1. The van der Waals surface area contributed by atoms with Gasteiger partial charge in [-0.3, -0.25) is 0 Å². The molecule has 0 amide bonds. The molecule has 0 aromatic heterocycles. The average Bonchev–Trinajstić information content (AvgIpc) is 3.18. The van der Waals surface area contributed by atoms with Crippen molar-refractivity contribution in [3.63, 3.8) is 0 Å². The highest BCUT2D eigenvalue weighted by molar-refractivity contribution is 6.30. The first-order valence-electron chi connectivity index (χ1n) is 9.46. The number of hydrogen-bond acceptors (Lipinski definition) is 2. The van der Waals surface area contributed by atoms with Crippen molar-refractivity contribution < 1.29 is 13.5 Å². The third-order valence-electron chi connectivity index (χ3n) is 5.12. The van der Waals surface area contributed by atoms with Crippen LogP contribution in [-0.4, -0.2) is 0 Å². The SMILES string of the molecule is Nc1cccc(C2=C(c3cc(Cl)ccc3OCc3ccc(F)cc3F)CCC2)c1.